The Hall–Kier alpha value is 0.806. The molecule has 0 amide bonds. The normalized spacial score (nSPS) is 12.2. The zero-order valence-electron chi connectivity index (χ0n) is 17.2. The third kappa shape index (κ3) is 22.8. The van der Waals surface area contributed by atoms with Gasteiger partial charge in [-0.3, -0.25) is 0 Å². The summed E-state index contributed by atoms with van der Waals surface area (Å²) in [5, 5.41) is 13.5. The number of carboxylic acid groups (broad SMARTS) is 1. The number of aliphatic carboxylic acids is 1. The van der Waals surface area contributed by atoms with Gasteiger partial charge < -0.3 is 15.2 Å². The van der Waals surface area contributed by atoms with Gasteiger partial charge in [-0.1, -0.05) is 76.9 Å². The van der Waals surface area contributed by atoms with E-state index >= 15 is 0 Å². The van der Waals surface area contributed by atoms with Crippen molar-refractivity contribution in [2.24, 2.45) is 0 Å². The molecular weight excluding hydrogens is 337 g/mol. The topological polar surface area (TPSA) is 52.2 Å². The minimum absolute atomic E-state index is 0. The Bertz CT molecular complexity index is 308. The minimum Gasteiger partial charge on any atom is -0.548 e. The van der Waals surface area contributed by atoms with Gasteiger partial charge in [0.1, 0.15) is 0 Å². The van der Waals surface area contributed by atoms with Crippen molar-refractivity contribution in [1.29, 1.82) is 0 Å². The Morgan fingerprint density at radius 1 is 0.840 bits per heavy atom. The van der Waals surface area contributed by atoms with Crippen LogP contribution in [-0.2, 0) is 4.79 Å². The molecule has 0 saturated carbocycles. The van der Waals surface area contributed by atoms with Crippen LogP contribution in [0.5, 0.6) is 0 Å². The summed E-state index contributed by atoms with van der Waals surface area (Å²) in [6.07, 6.45) is 22.9. The van der Waals surface area contributed by atoms with E-state index in [9.17, 15) is 9.90 Å². The second kappa shape index (κ2) is 22.8. The third-order valence-corrected chi connectivity index (χ3v) is 4.49. The summed E-state index contributed by atoms with van der Waals surface area (Å²) in [5.41, 5.74) is 0. The first-order valence-corrected chi connectivity index (χ1v) is 10.3. The number of carbonyl (C=O) groups is 1. The van der Waals surface area contributed by atoms with E-state index in [2.05, 4.69) is 24.4 Å². The van der Waals surface area contributed by atoms with Crippen LogP contribution in [0.2, 0.25) is 0 Å². The molecule has 1 atom stereocenters. The first kappa shape index (κ1) is 28.0. The second-order valence-corrected chi connectivity index (χ2v) is 6.93. The van der Waals surface area contributed by atoms with E-state index < -0.39 is 12.0 Å². The zero-order chi connectivity index (χ0) is 17.9. The van der Waals surface area contributed by atoms with Crippen LogP contribution in [-0.4, -0.2) is 18.6 Å². The van der Waals surface area contributed by atoms with E-state index in [0.29, 0.717) is 0 Å². The maximum Gasteiger partial charge on any atom is 1.00 e. The van der Waals surface area contributed by atoms with Crippen LogP contribution in [0.15, 0.2) is 12.2 Å². The van der Waals surface area contributed by atoms with Gasteiger partial charge in [0.15, 0.2) is 0 Å². The molecule has 0 aliphatic heterocycles. The average Bonchev–Trinajstić information content (AvgIpc) is 2.57. The van der Waals surface area contributed by atoms with E-state index in [4.69, 9.17) is 0 Å². The molecule has 3 nitrogen and oxygen atoms in total. The molecule has 0 fully saturated rings. The number of hydrogen-bond acceptors (Lipinski definition) is 3. The Morgan fingerprint density at radius 3 is 1.76 bits per heavy atom. The van der Waals surface area contributed by atoms with E-state index in [-0.39, 0.29) is 51.4 Å². The number of unbranched alkanes of at least 4 members (excludes halogenated alkanes) is 12. The SMILES string of the molecule is CCCCCCCC/C=C\CCCCCCCCNC(C)C(=O)[O-].[K+]. The molecule has 0 aliphatic carbocycles. The van der Waals surface area contributed by atoms with Gasteiger partial charge in [0, 0.05) is 6.04 Å². The number of allylic oxidation sites excluding steroid dienone is 2. The Balaban J connectivity index is 0. The number of nitrogens with one attached hydrogen (secondary N) is 1. The molecule has 0 rings (SSSR count). The number of carboxylic acids is 1. The van der Waals surface area contributed by atoms with Crippen LogP contribution < -0.4 is 61.8 Å². The fourth-order valence-electron chi connectivity index (χ4n) is 2.77. The van der Waals surface area contributed by atoms with Crippen LogP contribution in [0.1, 0.15) is 104 Å². The van der Waals surface area contributed by atoms with Crippen LogP contribution in [0, 0.1) is 0 Å². The fraction of sp³-hybridized carbons (Fsp3) is 0.857. The van der Waals surface area contributed by atoms with Gasteiger partial charge in [0.2, 0.25) is 0 Å². The monoisotopic (exact) mass is 377 g/mol. The summed E-state index contributed by atoms with van der Waals surface area (Å²) in [6, 6.07) is -0.534. The van der Waals surface area contributed by atoms with Gasteiger partial charge in [-0.25, -0.2) is 0 Å². The van der Waals surface area contributed by atoms with Crippen LogP contribution in [0.4, 0.5) is 0 Å². The molecule has 0 saturated heterocycles. The first-order valence-electron chi connectivity index (χ1n) is 10.3. The van der Waals surface area contributed by atoms with Crippen molar-refractivity contribution in [1.82, 2.24) is 5.32 Å². The molecule has 4 heteroatoms. The molecule has 0 aliphatic rings. The van der Waals surface area contributed by atoms with E-state index in [1.165, 1.54) is 83.5 Å². The van der Waals surface area contributed by atoms with Crippen molar-refractivity contribution in [3.8, 4) is 0 Å². The van der Waals surface area contributed by atoms with Gasteiger partial charge in [-0.05, 0) is 45.6 Å². The molecule has 25 heavy (non-hydrogen) atoms. The maximum atomic E-state index is 10.5. The van der Waals surface area contributed by atoms with Gasteiger partial charge in [-0.15, -0.1) is 0 Å². The summed E-state index contributed by atoms with van der Waals surface area (Å²) >= 11 is 0. The summed E-state index contributed by atoms with van der Waals surface area (Å²) < 4.78 is 0. The summed E-state index contributed by atoms with van der Waals surface area (Å²) in [4.78, 5) is 10.5. The Kier molecular flexibility index (Phi) is 25.6. The van der Waals surface area contributed by atoms with E-state index in [1.807, 2.05) is 0 Å². The molecule has 0 aromatic rings. The van der Waals surface area contributed by atoms with Crippen LogP contribution in [0.3, 0.4) is 0 Å². The summed E-state index contributed by atoms with van der Waals surface area (Å²) in [5.74, 6) is -1.01. The predicted molar refractivity (Wildman–Crippen MR) is 102 cm³/mol. The van der Waals surface area contributed by atoms with Crippen molar-refractivity contribution in [3.05, 3.63) is 12.2 Å². The molecule has 0 aromatic carbocycles. The molecule has 1 unspecified atom stereocenters. The van der Waals surface area contributed by atoms with Gasteiger partial charge in [-0.2, -0.15) is 0 Å². The molecule has 0 heterocycles. The quantitative estimate of drug-likeness (QED) is 0.225. The van der Waals surface area contributed by atoms with Crippen molar-refractivity contribution in [2.45, 2.75) is 110 Å². The maximum absolute atomic E-state index is 10.5. The van der Waals surface area contributed by atoms with E-state index in [0.717, 1.165) is 13.0 Å². The van der Waals surface area contributed by atoms with Crippen molar-refractivity contribution >= 4 is 5.97 Å². The minimum atomic E-state index is -1.01. The first-order chi connectivity index (χ1) is 11.7. The molecule has 1 N–H and O–H groups in total. The second-order valence-electron chi connectivity index (χ2n) is 6.93. The molecular formula is C21H40KNO2. The predicted octanol–water partition coefficient (Wildman–Crippen LogP) is 1.76. The zero-order valence-corrected chi connectivity index (χ0v) is 20.3. The molecule has 0 spiro atoms. The van der Waals surface area contributed by atoms with Crippen molar-refractivity contribution in [3.63, 3.8) is 0 Å². The van der Waals surface area contributed by atoms with Crippen molar-refractivity contribution in [2.75, 3.05) is 6.54 Å². The molecule has 142 valence electrons. The third-order valence-electron chi connectivity index (χ3n) is 4.49. The van der Waals surface area contributed by atoms with Gasteiger partial charge in [0.05, 0.1) is 5.97 Å². The molecule has 0 aromatic heterocycles. The van der Waals surface area contributed by atoms with Gasteiger partial charge in [0.25, 0.3) is 0 Å². The smallest absolute Gasteiger partial charge is 0.548 e. The van der Waals surface area contributed by atoms with Crippen LogP contribution in [0.25, 0.3) is 0 Å². The summed E-state index contributed by atoms with van der Waals surface area (Å²) in [6.45, 7) is 4.67. The standard InChI is InChI=1S/C21H41NO2.K/c1-3-4-5-6-7-8-9-10-11-12-13-14-15-16-17-18-19-22-20(2)21(23)24;/h10-11,20,22H,3-9,12-19H2,1-2H3,(H,23,24);/q;+1/p-1/b11-10-;. The average molecular weight is 378 g/mol. The number of hydrogen-bond donors (Lipinski definition) is 1. The Labute approximate surface area is 199 Å². The number of rotatable bonds is 18. The molecule has 0 bridgehead atoms. The largest absolute Gasteiger partial charge is 1.00 e. The Morgan fingerprint density at radius 2 is 1.28 bits per heavy atom. The van der Waals surface area contributed by atoms with Crippen molar-refractivity contribution < 1.29 is 61.3 Å². The fourth-order valence-corrected chi connectivity index (χ4v) is 2.77. The van der Waals surface area contributed by atoms with E-state index in [1.54, 1.807) is 6.92 Å². The number of carbonyl (C=O) groups excluding carboxylic acids is 1. The summed E-state index contributed by atoms with van der Waals surface area (Å²) in [7, 11) is 0. The molecule has 0 radical (unpaired) electrons. The van der Waals surface area contributed by atoms with Crippen LogP contribution >= 0.6 is 0 Å². The van der Waals surface area contributed by atoms with Gasteiger partial charge >= 0.3 is 51.4 Å².